The predicted octanol–water partition coefficient (Wildman–Crippen LogP) is 3.34. The minimum Gasteiger partial charge on any atom is -0.457 e. The number of amides is 1. The van der Waals surface area contributed by atoms with Gasteiger partial charge >= 0.3 is 0 Å². The Morgan fingerprint density at radius 2 is 1.79 bits per heavy atom. The number of nitrogens with zero attached hydrogens (tertiary/aromatic N) is 3. The zero-order valence-electron chi connectivity index (χ0n) is 12.9. The van der Waals surface area contributed by atoms with Gasteiger partial charge in [-0.3, -0.25) is 9.48 Å². The maximum absolute atomic E-state index is 12.3. The molecule has 3 rings (SSSR count). The molecule has 1 N–H and O–H groups in total. The van der Waals surface area contributed by atoms with Crippen molar-refractivity contribution in [1.82, 2.24) is 9.78 Å². The topological polar surface area (TPSA) is 79.9 Å². The molecule has 0 radical (unpaired) electrons. The highest BCUT2D eigenvalue weighted by atomic mass is 16.5. The summed E-state index contributed by atoms with van der Waals surface area (Å²) in [5.41, 5.74) is 0.764. The lowest BCUT2D eigenvalue weighted by molar-refractivity contribution is 0.102. The van der Waals surface area contributed by atoms with Crippen molar-refractivity contribution >= 4 is 11.7 Å². The highest BCUT2D eigenvalue weighted by Crippen LogP contribution is 2.21. The van der Waals surface area contributed by atoms with E-state index in [1.54, 1.807) is 37.5 Å². The number of ether oxygens (including phenoxy) is 1. The summed E-state index contributed by atoms with van der Waals surface area (Å²) in [6, 6.07) is 18.1. The molecule has 118 valence electrons. The first-order chi connectivity index (χ1) is 11.7. The van der Waals surface area contributed by atoms with E-state index in [1.165, 1.54) is 4.68 Å². The molecule has 0 atom stereocenters. The van der Waals surface area contributed by atoms with Crippen LogP contribution in [0.25, 0.3) is 0 Å². The number of rotatable bonds is 4. The second-order valence-corrected chi connectivity index (χ2v) is 5.07. The number of hydrogen-bond acceptors (Lipinski definition) is 4. The average molecular weight is 318 g/mol. The quantitative estimate of drug-likeness (QED) is 0.800. The first-order valence-corrected chi connectivity index (χ1v) is 7.24. The maximum atomic E-state index is 12.3. The van der Waals surface area contributed by atoms with Crippen LogP contribution in [0.3, 0.4) is 0 Å². The van der Waals surface area contributed by atoms with E-state index in [9.17, 15) is 4.79 Å². The molecule has 6 nitrogen and oxygen atoms in total. The lowest BCUT2D eigenvalue weighted by Crippen LogP contribution is -2.13. The van der Waals surface area contributed by atoms with Crippen LogP contribution >= 0.6 is 0 Å². The summed E-state index contributed by atoms with van der Waals surface area (Å²) < 4.78 is 7.16. The van der Waals surface area contributed by atoms with Crippen molar-refractivity contribution in [3.63, 3.8) is 0 Å². The molecule has 0 aliphatic rings. The monoisotopic (exact) mass is 318 g/mol. The van der Waals surface area contributed by atoms with Gasteiger partial charge in [-0.05, 0) is 36.4 Å². The fourth-order valence-electron chi connectivity index (χ4n) is 2.14. The number of benzene rings is 2. The van der Waals surface area contributed by atoms with Gasteiger partial charge in [-0.2, -0.15) is 10.4 Å². The van der Waals surface area contributed by atoms with Gasteiger partial charge in [-0.25, -0.2) is 0 Å². The minimum atomic E-state index is -0.337. The molecule has 0 fully saturated rings. The number of carbonyl (C=O) groups excluding carboxylic acids is 1. The van der Waals surface area contributed by atoms with Gasteiger partial charge < -0.3 is 10.1 Å². The maximum Gasteiger partial charge on any atom is 0.256 e. The van der Waals surface area contributed by atoms with Crippen LogP contribution in [0.2, 0.25) is 0 Å². The molecule has 0 bridgehead atoms. The Kier molecular flexibility index (Phi) is 4.25. The molecule has 1 amide bonds. The Labute approximate surface area is 138 Å². The van der Waals surface area contributed by atoms with E-state index in [-0.39, 0.29) is 11.7 Å². The van der Waals surface area contributed by atoms with Gasteiger partial charge in [0.15, 0.2) is 5.82 Å². The van der Waals surface area contributed by atoms with Gasteiger partial charge in [0.25, 0.3) is 5.91 Å². The second-order valence-electron chi connectivity index (χ2n) is 5.07. The van der Waals surface area contributed by atoms with Gasteiger partial charge in [-0.1, -0.05) is 18.2 Å². The van der Waals surface area contributed by atoms with Crippen molar-refractivity contribution in [3.05, 3.63) is 71.9 Å². The third-order valence-corrected chi connectivity index (χ3v) is 3.28. The van der Waals surface area contributed by atoms with Gasteiger partial charge in [0.05, 0.1) is 0 Å². The highest BCUT2D eigenvalue weighted by Gasteiger charge is 2.12. The van der Waals surface area contributed by atoms with Crippen LogP contribution < -0.4 is 10.1 Å². The summed E-state index contributed by atoms with van der Waals surface area (Å²) in [5.74, 6) is 1.27. The Bertz CT molecular complexity index is 893. The molecule has 3 aromatic rings. The lowest BCUT2D eigenvalue weighted by Gasteiger charge is -2.07. The largest absolute Gasteiger partial charge is 0.457 e. The molecule has 1 aromatic heterocycles. The molecule has 24 heavy (non-hydrogen) atoms. The van der Waals surface area contributed by atoms with Crippen molar-refractivity contribution in [2.75, 3.05) is 5.32 Å². The summed E-state index contributed by atoms with van der Waals surface area (Å²) in [5, 5.41) is 15.7. The fourth-order valence-corrected chi connectivity index (χ4v) is 2.14. The lowest BCUT2D eigenvalue weighted by atomic mass is 10.2. The molecule has 0 unspecified atom stereocenters. The normalized spacial score (nSPS) is 10.0. The van der Waals surface area contributed by atoms with Gasteiger partial charge in [-0.15, -0.1) is 0 Å². The Morgan fingerprint density at radius 3 is 2.46 bits per heavy atom. The number of anilines is 1. The smallest absolute Gasteiger partial charge is 0.256 e. The van der Waals surface area contributed by atoms with Gasteiger partial charge in [0, 0.05) is 18.8 Å². The number of para-hydroxylation sites is 1. The molecule has 0 spiro atoms. The number of carbonyl (C=O) groups is 1. The summed E-state index contributed by atoms with van der Waals surface area (Å²) in [4.78, 5) is 12.3. The fraction of sp³-hybridized carbons (Fsp3) is 0.0556. The standard InChI is InChI=1S/C18H14N4O2/c1-22-12-14(11-19)17(21-22)20-18(23)13-7-9-16(10-8-13)24-15-5-3-2-4-6-15/h2-10,12H,1H3,(H,20,21,23). The number of aryl methyl sites for hydroxylation is 1. The third kappa shape index (κ3) is 3.42. The van der Waals surface area contributed by atoms with E-state index in [0.29, 0.717) is 16.9 Å². The third-order valence-electron chi connectivity index (χ3n) is 3.28. The van der Waals surface area contributed by atoms with Crippen LogP contribution in [0.4, 0.5) is 5.82 Å². The van der Waals surface area contributed by atoms with E-state index < -0.39 is 0 Å². The van der Waals surface area contributed by atoms with Crippen LogP contribution in [0.1, 0.15) is 15.9 Å². The molecule has 0 saturated carbocycles. The van der Waals surface area contributed by atoms with Gasteiger partial charge in [0.1, 0.15) is 23.1 Å². The van der Waals surface area contributed by atoms with Gasteiger partial charge in [0.2, 0.25) is 0 Å². The first-order valence-electron chi connectivity index (χ1n) is 7.24. The summed E-state index contributed by atoms with van der Waals surface area (Å²) >= 11 is 0. The van der Waals surface area contributed by atoms with Crippen LogP contribution in [-0.4, -0.2) is 15.7 Å². The number of hydrogen-bond donors (Lipinski definition) is 1. The molecule has 6 heteroatoms. The van der Waals surface area contributed by atoms with Crippen LogP contribution in [0.15, 0.2) is 60.8 Å². The second kappa shape index (κ2) is 6.67. The van der Waals surface area contributed by atoms with Crippen molar-refractivity contribution in [3.8, 4) is 17.6 Å². The summed E-state index contributed by atoms with van der Waals surface area (Å²) in [7, 11) is 1.69. The minimum absolute atomic E-state index is 0.245. The number of aromatic nitrogens is 2. The van der Waals surface area contributed by atoms with E-state index in [1.807, 2.05) is 36.4 Å². The Morgan fingerprint density at radius 1 is 1.12 bits per heavy atom. The zero-order valence-corrected chi connectivity index (χ0v) is 12.9. The van der Waals surface area contributed by atoms with Crippen molar-refractivity contribution < 1.29 is 9.53 Å². The highest BCUT2D eigenvalue weighted by molar-refractivity contribution is 6.04. The van der Waals surface area contributed by atoms with E-state index in [4.69, 9.17) is 10.00 Å². The predicted molar refractivity (Wildman–Crippen MR) is 88.8 cm³/mol. The number of nitrogens with one attached hydrogen (secondary N) is 1. The van der Waals surface area contributed by atoms with Crippen molar-refractivity contribution in [2.45, 2.75) is 0 Å². The Balaban J connectivity index is 1.71. The average Bonchev–Trinajstić information content (AvgIpc) is 2.96. The molecule has 2 aromatic carbocycles. The molecule has 0 saturated heterocycles. The summed E-state index contributed by atoms with van der Waals surface area (Å²) in [6.07, 6.45) is 1.55. The Hall–Kier alpha value is -3.59. The van der Waals surface area contributed by atoms with Crippen molar-refractivity contribution in [1.29, 1.82) is 5.26 Å². The van der Waals surface area contributed by atoms with E-state index in [2.05, 4.69) is 10.4 Å². The number of nitriles is 1. The molecular formula is C18H14N4O2. The first kappa shape index (κ1) is 15.3. The molecule has 0 aliphatic carbocycles. The van der Waals surface area contributed by atoms with Crippen molar-refractivity contribution in [2.24, 2.45) is 7.05 Å². The summed E-state index contributed by atoms with van der Waals surface area (Å²) in [6.45, 7) is 0. The van der Waals surface area contributed by atoms with E-state index >= 15 is 0 Å². The van der Waals surface area contributed by atoms with Crippen LogP contribution in [0, 0.1) is 11.3 Å². The molecule has 0 aliphatic heterocycles. The SMILES string of the molecule is Cn1cc(C#N)c(NC(=O)c2ccc(Oc3ccccc3)cc2)n1. The van der Waals surface area contributed by atoms with E-state index in [0.717, 1.165) is 5.75 Å². The van der Waals surface area contributed by atoms with Crippen LogP contribution in [-0.2, 0) is 7.05 Å². The molecular weight excluding hydrogens is 304 g/mol. The zero-order chi connectivity index (χ0) is 16.9. The molecule has 1 heterocycles. The van der Waals surface area contributed by atoms with Crippen LogP contribution in [0.5, 0.6) is 11.5 Å².